The van der Waals surface area contributed by atoms with E-state index in [-0.39, 0.29) is 35.7 Å². The lowest BCUT2D eigenvalue weighted by Gasteiger charge is -2.34. The summed E-state index contributed by atoms with van der Waals surface area (Å²) in [5, 5.41) is 0. The molecule has 0 aromatic carbocycles. The van der Waals surface area contributed by atoms with E-state index in [4.69, 9.17) is 14.2 Å². The van der Waals surface area contributed by atoms with Crippen LogP contribution in [0.2, 0.25) is 0 Å². The van der Waals surface area contributed by atoms with Gasteiger partial charge in [-0.1, -0.05) is 41.5 Å². The molecule has 0 atom stereocenters. The van der Waals surface area contributed by atoms with Crippen molar-refractivity contribution in [2.24, 2.45) is 17.8 Å². The summed E-state index contributed by atoms with van der Waals surface area (Å²) in [5.41, 5.74) is 0. The summed E-state index contributed by atoms with van der Waals surface area (Å²) in [5.74, 6) is -1.61. The molecule has 0 aliphatic heterocycles. The molecule has 6 heteroatoms. The summed E-state index contributed by atoms with van der Waals surface area (Å²) in [7, 11) is 0. The van der Waals surface area contributed by atoms with Crippen LogP contribution < -0.4 is 0 Å². The summed E-state index contributed by atoms with van der Waals surface area (Å²) in [6.07, 6.45) is 0.0714. The summed E-state index contributed by atoms with van der Waals surface area (Å²) < 4.78 is 16.4. The lowest BCUT2D eigenvalue weighted by Crippen LogP contribution is -2.41. The summed E-state index contributed by atoms with van der Waals surface area (Å²) in [6, 6.07) is 0. The molecule has 24 heavy (non-hydrogen) atoms. The molecule has 1 rings (SSSR count). The number of carbonyl (C=O) groups excluding carboxylic acids is 3. The Kier molecular flexibility index (Phi) is 7.70. The third kappa shape index (κ3) is 6.49. The maximum Gasteiger partial charge on any atom is 0.308 e. The highest BCUT2D eigenvalue weighted by atomic mass is 16.6. The van der Waals surface area contributed by atoms with Gasteiger partial charge in [-0.25, -0.2) is 0 Å². The third-order valence-electron chi connectivity index (χ3n) is 3.84. The first-order chi connectivity index (χ1) is 11.1. The van der Waals surface area contributed by atoms with Crippen LogP contribution in [0.15, 0.2) is 0 Å². The van der Waals surface area contributed by atoms with Crippen LogP contribution in [0.3, 0.4) is 0 Å². The molecule has 0 N–H and O–H groups in total. The fourth-order valence-electron chi connectivity index (χ4n) is 2.36. The largest absolute Gasteiger partial charge is 0.462 e. The van der Waals surface area contributed by atoms with Crippen molar-refractivity contribution >= 4 is 17.9 Å². The first kappa shape index (κ1) is 20.5. The van der Waals surface area contributed by atoms with E-state index in [1.165, 1.54) is 0 Å². The van der Waals surface area contributed by atoms with Gasteiger partial charge in [0.2, 0.25) is 0 Å². The minimum atomic E-state index is -0.413. The zero-order valence-corrected chi connectivity index (χ0v) is 15.5. The monoisotopic (exact) mass is 342 g/mol. The minimum absolute atomic E-state index is 0.236. The highest BCUT2D eigenvalue weighted by Gasteiger charge is 2.36. The number of carbonyl (C=O) groups is 3. The number of hydrogen-bond donors (Lipinski definition) is 0. The van der Waals surface area contributed by atoms with Gasteiger partial charge in [-0.15, -0.1) is 0 Å². The summed E-state index contributed by atoms with van der Waals surface area (Å²) in [6.45, 7) is 10.6. The van der Waals surface area contributed by atoms with Gasteiger partial charge in [-0.3, -0.25) is 14.4 Å². The van der Waals surface area contributed by atoms with Crippen molar-refractivity contribution in [1.29, 1.82) is 0 Å². The fourth-order valence-corrected chi connectivity index (χ4v) is 2.36. The van der Waals surface area contributed by atoms with E-state index < -0.39 is 18.3 Å². The average Bonchev–Trinajstić information content (AvgIpc) is 2.46. The number of rotatable bonds is 6. The normalized spacial score (nSPS) is 24.1. The molecular formula is C18H30O6. The van der Waals surface area contributed by atoms with Crippen LogP contribution in [-0.2, 0) is 28.6 Å². The molecule has 0 bridgehead atoms. The Hall–Kier alpha value is -1.59. The van der Waals surface area contributed by atoms with Gasteiger partial charge in [-0.05, 0) is 0 Å². The molecule has 0 unspecified atom stereocenters. The zero-order valence-electron chi connectivity index (χ0n) is 15.5. The Morgan fingerprint density at radius 1 is 0.583 bits per heavy atom. The first-order valence-corrected chi connectivity index (χ1v) is 8.71. The number of hydrogen-bond acceptors (Lipinski definition) is 6. The second kappa shape index (κ2) is 9.04. The lowest BCUT2D eigenvalue weighted by molar-refractivity contribution is -0.173. The third-order valence-corrected chi connectivity index (χ3v) is 3.84. The van der Waals surface area contributed by atoms with Gasteiger partial charge in [0.05, 0.1) is 17.8 Å². The Balaban J connectivity index is 2.75. The van der Waals surface area contributed by atoms with Gasteiger partial charge >= 0.3 is 17.9 Å². The lowest BCUT2D eigenvalue weighted by atomic mass is 9.91. The molecule has 1 fully saturated rings. The van der Waals surface area contributed by atoms with Crippen molar-refractivity contribution in [3.63, 3.8) is 0 Å². The van der Waals surface area contributed by atoms with Crippen LogP contribution in [0.4, 0.5) is 0 Å². The van der Waals surface area contributed by atoms with Crippen molar-refractivity contribution in [2.45, 2.75) is 79.1 Å². The number of ether oxygens (including phenoxy) is 3. The molecule has 0 saturated heterocycles. The number of esters is 3. The molecule has 0 heterocycles. The maximum absolute atomic E-state index is 11.8. The standard InChI is InChI=1S/C18H30O6/c1-10(2)16(19)22-13-7-14(23-17(20)11(3)4)9-15(8-13)24-18(21)12(5)6/h10-15H,7-9H2,1-6H3. The summed E-state index contributed by atoms with van der Waals surface area (Å²) >= 11 is 0. The van der Waals surface area contributed by atoms with E-state index in [2.05, 4.69) is 0 Å². The molecule has 0 aromatic heterocycles. The van der Waals surface area contributed by atoms with Crippen LogP contribution in [0.5, 0.6) is 0 Å². The second-order valence-electron chi connectivity index (χ2n) is 7.35. The minimum Gasteiger partial charge on any atom is -0.462 e. The van der Waals surface area contributed by atoms with Gasteiger partial charge in [0.1, 0.15) is 18.3 Å². The van der Waals surface area contributed by atoms with Gasteiger partial charge in [0.15, 0.2) is 0 Å². The molecule has 0 radical (unpaired) electrons. The highest BCUT2D eigenvalue weighted by molar-refractivity contribution is 5.73. The molecular weight excluding hydrogens is 312 g/mol. The maximum atomic E-state index is 11.8. The molecule has 138 valence electrons. The Morgan fingerprint density at radius 2 is 0.792 bits per heavy atom. The predicted octanol–water partition coefficient (Wildman–Crippen LogP) is 2.87. The van der Waals surface area contributed by atoms with Gasteiger partial charge in [-0.2, -0.15) is 0 Å². The highest BCUT2D eigenvalue weighted by Crippen LogP contribution is 2.28. The van der Waals surface area contributed by atoms with E-state index in [1.54, 1.807) is 41.5 Å². The van der Waals surface area contributed by atoms with Crippen LogP contribution in [0.25, 0.3) is 0 Å². The molecule has 6 nitrogen and oxygen atoms in total. The van der Waals surface area contributed by atoms with Crippen LogP contribution in [0, 0.1) is 17.8 Å². The Morgan fingerprint density at radius 3 is 0.958 bits per heavy atom. The average molecular weight is 342 g/mol. The van der Waals surface area contributed by atoms with E-state index in [9.17, 15) is 14.4 Å². The van der Waals surface area contributed by atoms with Crippen LogP contribution in [0.1, 0.15) is 60.8 Å². The van der Waals surface area contributed by atoms with E-state index >= 15 is 0 Å². The SMILES string of the molecule is CC(C)C(=O)OC1CC(OC(=O)C(C)C)CC(OC(=O)C(C)C)C1. The molecule has 0 spiro atoms. The van der Waals surface area contributed by atoms with Crippen molar-refractivity contribution < 1.29 is 28.6 Å². The Bertz CT molecular complexity index is 382. The van der Waals surface area contributed by atoms with E-state index in [0.29, 0.717) is 19.3 Å². The van der Waals surface area contributed by atoms with Gasteiger partial charge < -0.3 is 14.2 Å². The topological polar surface area (TPSA) is 78.9 Å². The fraction of sp³-hybridized carbons (Fsp3) is 0.833. The predicted molar refractivity (Wildman–Crippen MR) is 88.0 cm³/mol. The van der Waals surface area contributed by atoms with E-state index in [0.717, 1.165) is 0 Å². The van der Waals surface area contributed by atoms with Crippen LogP contribution >= 0.6 is 0 Å². The van der Waals surface area contributed by atoms with Crippen molar-refractivity contribution in [1.82, 2.24) is 0 Å². The molecule has 0 aromatic rings. The molecule has 1 saturated carbocycles. The first-order valence-electron chi connectivity index (χ1n) is 8.71. The van der Waals surface area contributed by atoms with Crippen molar-refractivity contribution in [3.8, 4) is 0 Å². The van der Waals surface area contributed by atoms with Crippen LogP contribution in [-0.4, -0.2) is 36.2 Å². The van der Waals surface area contributed by atoms with Crippen molar-refractivity contribution in [3.05, 3.63) is 0 Å². The molecule has 1 aliphatic carbocycles. The smallest absolute Gasteiger partial charge is 0.308 e. The van der Waals surface area contributed by atoms with Gasteiger partial charge in [0.25, 0.3) is 0 Å². The summed E-state index contributed by atoms with van der Waals surface area (Å²) in [4.78, 5) is 35.5. The quantitative estimate of drug-likeness (QED) is 0.545. The zero-order chi connectivity index (χ0) is 18.4. The van der Waals surface area contributed by atoms with E-state index in [1.807, 2.05) is 0 Å². The second-order valence-corrected chi connectivity index (χ2v) is 7.35. The molecule has 0 amide bonds. The van der Waals surface area contributed by atoms with Gasteiger partial charge in [0, 0.05) is 19.3 Å². The molecule has 1 aliphatic rings. The van der Waals surface area contributed by atoms with Crippen molar-refractivity contribution in [2.75, 3.05) is 0 Å². The Labute approximate surface area is 144 Å².